The summed E-state index contributed by atoms with van der Waals surface area (Å²) in [6.45, 7) is 0. The van der Waals surface area contributed by atoms with Crippen molar-refractivity contribution in [3.05, 3.63) is 164 Å². The van der Waals surface area contributed by atoms with Crippen LogP contribution in [-0.4, -0.2) is 15.0 Å². The molecule has 0 unspecified atom stereocenters. The molecule has 0 radical (unpaired) electrons. The van der Waals surface area contributed by atoms with Crippen LogP contribution in [0.4, 0.5) is 0 Å². The van der Waals surface area contributed by atoms with Gasteiger partial charge in [-0.05, 0) is 74.6 Å². The van der Waals surface area contributed by atoms with Gasteiger partial charge in [0, 0.05) is 34.6 Å². The molecule has 0 aliphatic carbocycles. The van der Waals surface area contributed by atoms with E-state index in [0.29, 0.717) is 5.82 Å². The van der Waals surface area contributed by atoms with Gasteiger partial charge in [-0.15, -0.1) is 0 Å². The summed E-state index contributed by atoms with van der Waals surface area (Å²) in [7, 11) is 0. The first-order valence-electron chi connectivity index (χ1n) is 14.8. The number of fused-ring (bicyclic) bond motifs is 2. The lowest BCUT2D eigenvalue weighted by Gasteiger charge is -2.13. The Morgan fingerprint density at radius 3 is 1.84 bits per heavy atom. The molecule has 206 valence electrons. The highest BCUT2D eigenvalue weighted by atomic mass is 14.9. The summed E-state index contributed by atoms with van der Waals surface area (Å²) in [6, 6.07) is 53.1. The Balaban J connectivity index is 1.28. The quantitative estimate of drug-likeness (QED) is 0.210. The van der Waals surface area contributed by atoms with Crippen molar-refractivity contribution in [2.75, 3.05) is 0 Å². The topological polar surface area (TPSA) is 38.7 Å². The van der Waals surface area contributed by atoms with E-state index in [4.69, 9.17) is 9.97 Å². The molecule has 2 heterocycles. The lowest BCUT2D eigenvalue weighted by atomic mass is 9.93. The van der Waals surface area contributed by atoms with E-state index in [9.17, 15) is 0 Å². The molecule has 0 bridgehead atoms. The largest absolute Gasteiger partial charge is 0.264 e. The van der Waals surface area contributed by atoms with E-state index in [1.165, 1.54) is 27.1 Å². The number of rotatable bonds is 5. The summed E-state index contributed by atoms with van der Waals surface area (Å²) in [4.78, 5) is 14.5. The Morgan fingerprint density at radius 2 is 1.02 bits per heavy atom. The highest BCUT2D eigenvalue weighted by Crippen LogP contribution is 2.36. The molecule has 6 aromatic carbocycles. The molecule has 0 aliphatic rings. The molecule has 0 aliphatic heterocycles. The van der Waals surface area contributed by atoms with Gasteiger partial charge in [-0.2, -0.15) is 0 Å². The molecule has 8 rings (SSSR count). The second-order valence-corrected chi connectivity index (χ2v) is 11.0. The van der Waals surface area contributed by atoms with Crippen LogP contribution in [0.25, 0.3) is 77.7 Å². The van der Waals surface area contributed by atoms with Gasteiger partial charge in [-0.25, -0.2) is 9.97 Å². The van der Waals surface area contributed by atoms with Crippen LogP contribution in [0.5, 0.6) is 0 Å². The summed E-state index contributed by atoms with van der Waals surface area (Å²) in [6.07, 6.45) is 3.75. The molecule has 0 fully saturated rings. The molecule has 3 heteroatoms. The van der Waals surface area contributed by atoms with E-state index < -0.39 is 0 Å². The summed E-state index contributed by atoms with van der Waals surface area (Å²) >= 11 is 0. The van der Waals surface area contributed by atoms with Gasteiger partial charge in [-0.3, -0.25) is 4.98 Å². The predicted molar refractivity (Wildman–Crippen MR) is 182 cm³/mol. The summed E-state index contributed by atoms with van der Waals surface area (Å²) in [5.74, 6) is 0.709. The maximum absolute atomic E-state index is 5.09. The highest BCUT2D eigenvalue weighted by Gasteiger charge is 2.13. The van der Waals surface area contributed by atoms with Crippen LogP contribution in [-0.2, 0) is 0 Å². The molecule has 8 aromatic rings. The zero-order chi connectivity index (χ0) is 29.3. The Hall–Kier alpha value is -5.93. The minimum atomic E-state index is 0.709. The molecular formula is C41H27N3. The third-order valence-electron chi connectivity index (χ3n) is 8.13. The average Bonchev–Trinajstić information content (AvgIpc) is 3.11. The lowest BCUT2D eigenvalue weighted by Crippen LogP contribution is -1.96. The number of pyridine rings is 1. The third-order valence-corrected chi connectivity index (χ3v) is 8.13. The van der Waals surface area contributed by atoms with E-state index in [1.807, 2.05) is 36.7 Å². The molecule has 44 heavy (non-hydrogen) atoms. The van der Waals surface area contributed by atoms with Gasteiger partial charge < -0.3 is 0 Å². The standard InChI is InChI=1S/C41H27N3/c1-2-11-29(12-3-1)41-43-39(26-40(44-41)34-20-19-28-10-4-5-13-30(28)22-34)33-16-8-15-31(23-33)36-24-32-14-6-7-18-37(32)38(25-36)35-17-9-21-42-27-35/h1-27H. The van der Waals surface area contributed by atoms with Crippen molar-refractivity contribution in [3.63, 3.8) is 0 Å². The van der Waals surface area contributed by atoms with Crippen molar-refractivity contribution >= 4 is 21.5 Å². The molecular weight excluding hydrogens is 534 g/mol. The third kappa shape index (κ3) is 4.91. The molecule has 0 saturated carbocycles. The minimum Gasteiger partial charge on any atom is -0.264 e. The van der Waals surface area contributed by atoms with Gasteiger partial charge in [0.05, 0.1) is 11.4 Å². The monoisotopic (exact) mass is 561 g/mol. The second-order valence-electron chi connectivity index (χ2n) is 11.0. The molecule has 2 aromatic heterocycles. The van der Waals surface area contributed by atoms with Crippen molar-refractivity contribution in [2.24, 2.45) is 0 Å². The van der Waals surface area contributed by atoms with Crippen molar-refractivity contribution in [1.29, 1.82) is 0 Å². The van der Waals surface area contributed by atoms with Crippen LogP contribution < -0.4 is 0 Å². The molecule has 0 N–H and O–H groups in total. The number of aromatic nitrogens is 3. The summed E-state index contributed by atoms with van der Waals surface area (Å²) in [5, 5.41) is 4.81. The van der Waals surface area contributed by atoms with Crippen LogP contribution in [0, 0.1) is 0 Å². The average molecular weight is 562 g/mol. The van der Waals surface area contributed by atoms with Crippen molar-refractivity contribution < 1.29 is 0 Å². The Morgan fingerprint density at radius 1 is 0.364 bits per heavy atom. The van der Waals surface area contributed by atoms with Crippen LogP contribution in [0.3, 0.4) is 0 Å². The molecule has 0 spiro atoms. The van der Waals surface area contributed by atoms with E-state index in [1.54, 1.807) is 0 Å². The van der Waals surface area contributed by atoms with Crippen molar-refractivity contribution in [3.8, 4) is 56.2 Å². The lowest BCUT2D eigenvalue weighted by molar-refractivity contribution is 1.18. The first kappa shape index (κ1) is 25.8. The van der Waals surface area contributed by atoms with Crippen molar-refractivity contribution in [2.45, 2.75) is 0 Å². The second kappa shape index (κ2) is 11.0. The number of hydrogen-bond acceptors (Lipinski definition) is 3. The summed E-state index contributed by atoms with van der Waals surface area (Å²) < 4.78 is 0. The molecule has 0 amide bonds. The fraction of sp³-hybridized carbons (Fsp3) is 0. The maximum atomic E-state index is 5.09. The van der Waals surface area contributed by atoms with Gasteiger partial charge in [0.2, 0.25) is 0 Å². The van der Waals surface area contributed by atoms with Gasteiger partial charge in [-0.1, -0.05) is 115 Å². The van der Waals surface area contributed by atoms with Gasteiger partial charge in [0.1, 0.15) is 0 Å². The van der Waals surface area contributed by atoms with E-state index in [2.05, 4.69) is 132 Å². The zero-order valence-electron chi connectivity index (χ0n) is 23.9. The minimum absolute atomic E-state index is 0.709. The van der Waals surface area contributed by atoms with Gasteiger partial charge in [0.25, 0.3) is 0 Å². The zero-order valence-corrected chi connectivity index (χ0v) is 23.9. The van der Waals surface area contributed by atoms with Crippen LogP contribution in [0.2, 0.25) is 0 Å². The Kier molecular flexibility index (Phi) is 6.47. The van der Waals surface area contributed by atoms with E-state index >= 15 is 0 Å². The normalized spacial score (nSPS) is 11.2. The fourth-order valence-electron chi connectivity index (χ4n) is 5.90. The fourth-order valence-corrected chi connectivity index (χ4v) is 5.90. The maximum Gasteiger partial charge on any atom is 0.160 e. The Bertz CT molecular complexity index is 2270. The molecule has 0 saturated heterocycles. The van der Waals surface area contributed by atoms with Crippen LogP contribution in [0.15, 0.2) is 164 Å². The Labute approximate surface area is 256 Å². The van der Waals surface area contributed by atoms with Crippen LogP contribution in [0.1, 0.15) is 0 Å². The van der Waals surface area contributed by atoms with Gasteiger partial charge in [0.15, 0.2) is 5.82 Å². The van der Waals surface area contributed by atoms with Gasteiger partial charge >= 0.3 is 0 Å². The number of hydrogen-bond donors (Lipinski definition) is 0. The van der Waals surface area contributed by atoms with E-state index in [-0.39, 0.29) is 0 Å². The number of nitrogens with zero attached hydrogens (tertiary/aromatic N) is 3. The molecule has 3 nitrogen and oxygen atoms in total. The van der Waals surface area contributed by atoms with E-state index in [0.717, 1.165) is 44.8 Å². The first-order chi connectivity index (χ1) is 21.8. The first-order valence-corrected chi connectivity index (χ1v) is 14.8. The molecule has 0 atom stereocenters. The highest BCUT2D eigenvalue weighted by molar-refractivity contribution is 6.00. The smallest absolute Gasteiger partial charge is 0.160 e. The van der Waals surface area contributed by atoms with Crippen LogP contribution >= 0.6 is 0 Å². The SMILES string of the molecule is c1ccc(-c2nc(-c3cccc(-c4cc(-c5cccnc5)c5ccccc5c4)c3)cc(-c3ccc4ccccc4c3)n2)cc1. The number of benzene rings is 6. The van der Waals surface area contributed by atoms with Crippen molar-refractivity contribution in [1.82, 2.24) is 15.0 Å². The summed E-state index contributed by atoms with van der Waals surface area (Å²) in [5.41, 5.74) is 9.43. The predicted octanol–water partition coefficient (Wildman–Crippen LogP) is 10.5.